The van der Waals surface area contributed by atoms with Gasteiger partial charge in [0.15, 0.2) is 18.9 Å². The van der Waals surface area contributed by atoms with Crippen LogP contribution in [0.15, 0.2) is 24.3 Å². The predicted molar refractivity (Wildman–Crippen MR) is 351 cm³/mol. The van der Waals surface area contributed by atoms with E-state index in [2.05, 4.69) is 43.5 Å². The molecule has 1 amide bonds. The van der Waals surface area contributed by atoms with E-state index in [0.29, 0.717) is 12.8 Å². The third-order valence-corrected chi connectivity index (χ3v) is 18.5. The Morgan fingerprint density at radius 2 is 0.733 bits per heavy atom. The van der Waals surface area contributed by atoms with Gasteiger partial charge in [0, 0.05) is 6.42 Å². The molecule has 3 rings (SSSR count). The summed E-state index contributed by atoms with van der Waals surface area (Å²) in [6.07, 6.45) is 34.2. The maximum atomic E-state index is 13.4. The van der Waals surface area contributed by atoms with Crippen molar-refractivity contribution in [2.45, 2.75) is 394 Å². The summed E-state index contributed by atoms with van der Waals surface area (Å²) in [6, 6.07) is -0.894. The minimum atomic E-state index is -1.97. The molecule has 3 heterocycles. The van der Waals surface area contributed by atoms with Gasteiger partial charge in [-0.3, -0.25) is 4.79 Å². The van der Waals surface area contributed by atoms with E-state index >= 15 is 0 Å². The van der Waals surface area contributed by atoms with Crippen LogP contribution in [0, 0.1) is 0 Å². The number of ether oxygens (including phenoxy) is 6. The number of rotatable bonds is 57. The van der Waals surface area contributed by atoms with Crippen molar-refractivity contribution in [3.05, 3.63) is 24.3 Å². The largest absolute Gasteiger partial charge is 0.394 e. The molecular weight excluding hydrogens is 1150 g/mol. The van der Waals surface area contributed by atoms with Crippen LogP contribution in [-0.4, -0.2) is 193 Å². The topological polar surface area (TPSA) is 307 Å². The molecule has 0 aromatic heterocycles. The van der Waals surface area contributed by atoms with Gasteiger partial charge in [-0.25, -0.2) is 0 Å². The summed E-state index contributed by atoms with van der Waals surface area (Å²) >= 11 is 0. The van der Waals surface area contributed by atoms with Crippen LogP contribution in [0.1, 0.15) is 290 Å². The molecule has 0 aromatic carbocycles. The molecule has 19 heteroatoms. The maximum Gasteiger partial charge on any atom is 0.220 e. The first-order chi connectivity index (χ1) is 43.8. The second kappa shape index (κ2) is 53.4. The van der Waals surface area contributed by atoms with Crippen LogP contribution in [-0.2, 0) is 33.2 Å². The van der Waals surface area contributed by atoms with Gasteiger partial charge in [0.25, 0.3) is 0 Å². The highest BCUT2D eigenvalue weighted by atomic mass is 16.8. The first-order valence-corrected chi connectivity index (χ1v) is 36.6. The molecule has 17 unspecified atom stereocenters. The van der Waals surface area contributed by atoms with Gasteiger partial charge in [0.05, 0.1) is 38.6 Å². The standard InChI is InChI=1S/C71H133NO18/c1-3-5-7-9-11-13-15-17-19-20-21-22-23-24-25-26-27-28-29-30-31-32-33-35-36-38-40-42-44-46-48-55(76)54(72-59(77)49-47-45-43-41-39-37-34-18-16-14-12-10-8-6-4-2)53-85-69-65(83)62(80)67(57(51-74)87-69)90-71-66(84)63(81)68(58(52-75)88-71)89-70-64(82)61(79)60(78)56(50-73)86-70/h12,14,18,34,54-58,60-71,73-76,78-84H,3-11,13,15-17,19-33,35-53H2,1-2H3,(H,72,77)/b14-12-,34-18-. The number of carbonyl (C=O) groups excluding carboxylic acids is 1. The predicted octanol–water partition coefficient (Wildman–Crippen LogP) is 10.2. The third kappa shape index (κ3) is 34.8. The highest BCUT2D eigenvalue weighted by Crippen LogP contribution is 2.33. The smallest absolute Gasteiger partial charge is 0.220 e. The van der Waals surface area contributed by atoms with Gasteiger partial charge in [-0.05, 0) is 44.9 Å². The van der Waals surface area contributed by atoms with Gasteiger partial charge >= 0.3 is 0 Å². The van der Waals surface area contributed by atoms with Gasteiger partial charge in [-0.1, -0.05) is 263 Å². The van der Waals surface area contributed by atoms with Crippen molar-refractivity contribution in [2.24, 2.45) is 0 Å². The molecule has 3 saturated heterocycles. The lowest BCUT2D eigenvalue weighted by Crippen LogP contribution is -2.66. The van der Waals surface area contributed by atoms with Crippen LogP contribution in [0.5, 0.6) is 0 Å². The molecule has 0 spiro atoms. The Hall–Kier alpha value is -1.73. The minimum Gasteiger partial charge on any atom is -0.394 e. The van der Waals surface area contributed by atoms with E-state index in [1.165, 1.54) is 186 Å². The zero-order chi connectivity index (χ0) is 65.4. The summed E-state index contributed by atoms with van der Waals surface area (Å²) in [4.78, 5) is 13.4. The van der Waals surface area contributed by atoms with Crippen LogP contribution in [0.2, 0.25) is 0 Å². The number of aliphatic hydroxyl groups is 11. The maximum absolute atomic E-state index is 13.4. The molecule has 3 fully saturated rings. The second-order valence-corrected chi connectivity index (χ2v) is 26.4. The molecule has 0 aliphatic carbocycles. The Morgan fingerprint density at radius 1 is 0.400 bits per heavy atom. The van der Waals surface area contributed by atoms with Gasteiger partial charge in [0.1, 0.15) is 73.2 Å². The first kappa shape index (κ1) is 82.5. The van der Waals surface area contributed by atoms with Crippen LogP contribution in [0.25, 0.3) is 0 Å². The van der Waals surface area contributed by atoms with Crippen molar-refractivity contribution in [3.8, 4) is 0 Å². The number of hydrogen-bond acceptors (Lipinski definition) is 18. The zero-order valence-electron chi connectivity index (χ0n) is 56.1. The molecular formula is C71H133NO18. The summed E-state index contributed by atoms with van der Waals surface area (Å²) in [7, 11) is 0. The van der Waals surface area contributed by atoms with E-state index in [9.17, 15) is 61.0 Å². The molecule has 3 aliphatic rings. The van der Waals surface area contributed by atoms with Gasteiger partial charge < -0.3 is 89.9 Å². The van der Waals surface area contributed by atoms with Crippen molar-refractivity contribution in [1.29, 1.82) is 0 Å². The van der Waals surface area contributed by atoms with Gasteiger partial charge in [-0.15, -0.1) is 0 Å². The number of unbranched alkanes of at least 4 members (excludes halogenated alkanes) is 37. The fourth-order valence-electron chi connectivity index (χ4n) is 12.6. The Bertz CT molecular complexity index is 1730. The number of aliphatic hydroxyl groups excluding tert-OH is 11. The number of allylic oxidation sites excluding steroid dienone is 4. The molecule has 0 aromatic rings. The van der Waals surface area contributed by atoms with Crippen molar-refractivity contribution < 1.29 is 89.4 Å². The Morgan fingerprint density at radius 3 is 1.16 bits per heavy atom. The van der Waals surface area contributed by atoms with Crippen LogP contribution < -0.4 is 5.32 Å². The Balaban J connectivity index is 1.38. The summed E-state index contributed by atoms with van der Waals surface area (Å²) in [5.41, 5.74) is 0. The second-order valence-electron chi connectivity index (χ2n) is 26.4. The number of nitrogens with one attached hydrogen (secondary N) is 1. The normalized spacial score (nSPS) is 28.1. The molecule has 3 aliphatic heterocycles. The first-order valence-electron chi connectivity index (χ1n) is 36.6. The summed E-state index contributed by atoms with van der Waals surface area (Å²) < 4.78 is 34.4. The van der Waals surface area contributed by atoms with Crippen molar-refractivity contribution in [3.63, 3.8) is 0 Å². The summed E-state index contributed by atoms with van der Waals surface area (Å²) in [5.74, 6) is -0.254. The van der Waals surface area contributed by atoms with Gasteiger partial charge in [-0.2, -0.15) is 0 Å². The Kier molecular flexibility index (Phi) is 49.0. The van der Waals surface area contributed by atoms with Crippen LogP contribution in [0.3, 0.4) is 0 Å². The number of hydrogen-bond donors (Lipinski definition) is 12. The average molecular weight is 1290 g/mol. The van der Waals surface area contributed by atoms with Gasteiger partial charge in [0.2, 0.25) is 5.91 Å². The van der Waals surface area contributed by atoms with E-state index in [1.54, 1.807) is 0 Å². The molecule has 19 nitrogen and oxygen atoms in total. The minimum absolute atomic E-state index is 0.252. The highest BCUT2D eigenvalue weighted by molar-refractivity contribution is 5.76. The molecule has 12 N–H and O–H groups in total. The zero-order valence-corrected chi connectivity index (χ0v) is 56.1. The SMILES string of the molecule is CCCCC/C=C\C/C=C\CCCCCCCC(=O)NC(COC1OC(CO)C(OC2OC(CO)C(OC3OC(CO)C(O)C(O)C3O)C(O)C2O)C(O)C1O)C(O)CCCCCCCCCCCCCCCCCCCCCCCCCCCCCCCC. The van der Waals surface area contributed by atoms with E-state index < -0.39 is 124 Å². The monoisotopic (exact) mass is 1290 g/mol. The van der Waals surface area contributed by atoms with Crippen molar-refractivity contribution in [1.82, 2.24) is 5.32 Å². The van der Waals surface area contributed by atoms with E-state index in [1.807, 2.05) is 0 Å². The molecule has 0 saturated carbocycles. The molecule has 17 atom stereocenters. The molecule has 90 heavy (non-hydrogen) atoms. The summed E-state index contributed by atoms with van der Waals surface area (Å²) in [5, 5.41) is 121. The summed E-state index contributed by atoms with van der Waals surface area (Å²) in [6.45, 7) is 1.79. The van der Waals surface area contributed by atoms with Crippen LogP contribution >= 0.6 is 0 Å². The van der Waals surface area contributed by atoms with Crippen molar-refractivity contribution in [2.75, 3.05) is 26.4 Å². The lowest BCUT2D eigenvalue weighted by Gasteiger charge is -2.48. The lowest BCUT2D eigenvalue weighted by atomic mass is 9.96. The fourth-order valence-corrected chi connectivity index (χ4v) is 12.6. The quantitative estimate of drug-likeness (QED) is 0.0199. The fraction of sp³-hybridized carbons (Fsp3) is 0.930. The lowest BCUT2D eigenvalue weighted by molar-refractivity contribution is -0.379. The van der Waals surface area contributed by atoms with Crippen LogP contribution in [0.4, 0.5) is 0 Å². The molecule has 0 radical (unpaired) electrons. The third-order valence-electron chi connectivity index (χ3n) is 18.5. The Labute approximate surface area is 543 Å². The number of carbonyl (C=O) groups is 1. The molecule has 0 bridgehead atoms. The molecule has 530 valence electrons. The highest BCUT2D eigenvalue weighted by Gasteiger charge is 2.53. The van der Waals surface area contributed by atoms with E-state index in [0.717, 1.165) is 70.6 Å². The van der Waals surface area contributed by atoms with Crippen molar-refractivity contribution >= 4 is 5.91 Å². The average Bonchev–Trinajstić information content (AvgIpc) is 0.866. The number of amides is 1. The van der Waals surface area contributed by atoms with E-state index in [-0.39, 0.29) is 18.9 Å². The van der Waals surface area contributed by atoms with E-state index in [4.69, 9.17) is 28.4 Å².